The van der Waals surface area contributed by atoms with Gasteiger partial charge in [0.1, 0.15) is 23.3 Å². The zero-order valence-electron chi connectivity index (χ0n) is 21.0. The zero-order chi connectivity index (χ0) is 25.7. The second kappa shape index (κ2) is 11.2. The average Bonchev–Trinajstić information content (AvgIpc) is 2.92. The van der Waals surface area contributed by atoms with Gasteiger partial charge in [0.25, 0.3) is 0 Å². The van der Waals surface area contributed by atoms with Crippen molar-refractivity contribution >= 4 is 23.5 Å². The molecule has 0 spiro atoms. The number of ether oxygens (including phenoxy) is 4. The lowest BCUT2D eigenvalue weighted by molar-refractivity contribution is -0.153. The van der Waals surface area contributed by atoms with Crippen molar-refractivity contribution in [3.8, 4) is 17.2 Å². The Morgan fingerprint density at radius 1 is 0.944 bits per heavy atom. The quantitative estimate of drug-likeness (QED) is 0.460. The van der Waals surface area contributed by atoms with E-state index in [0.29, 0.717) is 36.1 Å². The van der Waals surface area contributed by atoms with E-state index in [1.807, 2.05) is 29.2 Å². The second-order valence-corrected chi connectivity index (χ2v) is 8.40. The van der Waals surface area contributed by atoms with Gasteiger partial charge in [-0.2, -0.15) is 0 Å². The molecule has 0 unspecified atom stereocenters. The van der Waals surface area contributed by atoms with Crippen LogP contribution in [0.1, 0.15) is 18.5 Å². The van der Waals surface area contributed by atoms with Gasteiger partial charge in [0.05, 0.1) is 27.9 Å². The number of amides is 1. The Morgan fingerprint density at radius 2 is 1.58 bits per heavy atom. The molecule has 0 bridgehead atoms. The molecule has 1 saturated heterocycles. The van der Waals surface area contributed by atoms with E-state index >= 15 is 0 Å². The van der Waals surface area contributed by atoms with Gasteiger partial charge in [0.2, 0.25) is 11.9 Å². The van der Waals surface area contributed by atoms with Crippen molar-refractivity contribution < 1.29 is 28.5 Å². The molecule has 192 valence electrons. The van der Waals surface area contributed by atoms with E-state index in [2.05, 4.69) is 10.2 Å². The van der Waals surface area contributed by atoms with Crippen LogP contribution in [-0.4, -0.2) is 76.9 Å². The van der Waals surface area contributed by atoms with E-state index in [9.17, 15) is 9.59 Å². The summed E-state index contributed by atoms with van der Waals surface area (Å²) < 4.78 is 21.3. The third-order valence-electron chi connectivity index (χ3n) is 6.41. The van der Waals surface area contributed by atoms with Gasteiger partial charge in [-0.25, -0.2) is 4.99 Å². The number of carbonyl (C=O) groups is 2. The number of aliphatic imine (C=N–C) groups is 1. The topological polar surface area (TPSA) is 102 Å². The van der Waals surface area contributed by atoms with Gasteiger partial charge in [-0.15, -0.1) is 0 Å². The fourth-order valence-electron chi connectivity index (χ4n) is 4.48. The van der Waals surface area contributed by atoms with Crippen molar-refractivity contribution in [3.05, 3.63) is 48.0 Å². The van der Waals surface area contributed by atoms with Gasteiger partial charge in [0.15, 0.2) is 5.92 Å². The molecule has 10 nitrogen and oxygen atoms in total. The van der Waals surface area contributed by atoms with Crippen molar-refractivity contribution in [2.75, 3.05) is 59.0 Å². The van der Waals surface area contributed by atoms with Crippen molar-refractivity contribution in [1.29, 1.82) is 0 Å². The Balaban J connectivity index is 1.59. The molecule has 1 amide bonds. The minimum Gasteiger partial charge on any atom is -0.497 e. The maximum absolute atomic E-state index is 13.2. The fraction of sp³-hybridized carbons (Fsp3) is 0.423. The van der Waals surface area contributed by atoms with Crippen molar-refractivity contribution in [2.24, 2.45) is 10.9 Å². The summed E-state index contributed by atoms with van der Waals surface area (Å²) in [6.45, 7) is 4.68. The number of nitrogens with zero attached hydrogens (tertiary/aromatic N) is 3. The minimum absolute atomic E-state index is 0.166. The van der Waals surface area contributed by atoms with Gasteiger partial charge in [-0.1, -0.05) is 0 Å². The third kappa shape index (κ3) is 5.17. The highest BCUT2D eigenvalue weighted by atomic mass is 16.5. The van der Waals surface area contributed by atoms with Gasteiger partial charge in [-0.05, 0) is 43.3 Å². The number of methoxy groups -OCH3 is 3. The maximum Gasteiger partial charge on any atom is 0.321 e. The largest absolute Gasteiger partial charge is 0.497 e. The summed E-state index contributed by atoms with van der Waals surface area (Å²) in [7, 11) is 4.74. The first-order chi connectivity index (χ1) is 17.5. The average molecular weight is 497 g/mol. The van der Waals surface area contributed by atoms with E-state index in [4.69, 9.17) is 23.9 Å². The van der Waals surface area contributed by atoms with Crippen LogP contribution in [0.5, 0.6) is 17.2 Å². The molecule has 2 aliphatic heterocycles. The van der Waals surface area contributed by atoms with Crippen LogP contribution in [0.4, 0.5) is 5.69 Å². The summed E-state index contributed by atoms with van der Waals surface area (Å²) in [5, 5.41) is 2.84. The molecule has 2 atom stereocenters. The van der Waals surface area contributed by atoms with Crippen LogP contribution in [0.15, 0.2) is 47.5 Å². The van der Waals surface area contributed by atoms with Crippen LogP contribution in [0.3, 0.4) is 0 Å². The molecule has 0 aliphatic carbocycles. The third-order valence-corrected chi connectivity index (χ3v) is 6.41. The number of guanidine groups is 1. The summed E-state index contributed by atoms with van der Waals surface area (Å²) in [6, 6.07) is 12.4. The number of benzene rings is 2. The van der Waals surface area contributed by atoms with E-state index < -0.39 is 23.8 Å². The molecule has 10 heteroatoms. The number of anilines is 1. The Labute approximate surface area is 210 Å². The van der Waals surface area contributed by atoms with E-state index in [-0.39, 0.29) is 6.61 Å². The van der Waals surface area contributed by atoms with Crippen molar-refractivity contribution in [3.63, 3.8) is 0 Å². The number of rotatable bonds is 7. The monoisotopic (exact) mass is 496 g/mol. The molecule has 2 aromatic rings. The summed E-state index contributed by atoms with van der Waals surface area (Å²) in [5.74, 6) is 0.143. The number of esters is 1. The lowest BCUT2D eigenvalue weighted by atomic mass is 9.90. The molecule has 0 saturated carbocycles. The van der Waals surface area contributed by atoms with Gasteiger partial charge < -0.3 is 28.7 Å². The van der Waals surface area contributed by atoms with Gasteiger partial charge in [0, 0.05) is 43.5 Å². The predicted octanol–water partition coefficient (Wildman–Crippen LogP) is 2.24. The Kier molecular flexibility index (Phi) is 7.82. The predicted molar refractivity (Wildman–Crippen MR) is 135 cm³/mol. The number of nitrogens with one attached hydrogen (secondary N) is 1. The molecule has 4 rings (SSSR count). The van der Waals surface area contributed by atoms with Gasteiger partial charge in [-0.3, -0.25) is 14.9 Å². The first-order valence-corrected chi connectivity index (χ1v) is 11.9. The minimum atomic E-state index is -1.13. The molecular formula is C26H32N4O6. The lowest BCUT2D eigenvalue weighted by Gasteiger charge is -2.39. The first-order valence-electron chi connectivity index (χ1n) is 11.9. The van der Waals surface area contributed by atoms with Gasteiger partial charge >= 0.3 is 5.97 Å². The normalized spacial score (nSPS) is 19.8. The Bertz CT molecular complexity index is 1110. The van der Waals surface area contributed by atoms with Crippen molar-refractivity contribution in [2.45, 2.75) is 13.0 Å². The molecule has 2 aromatic carbocycles. The Hall–Kier alpha value is -3.95. The molecule has 1 N–H and O–H groups in total. The first kappa shape index (κ1) is 25.2. The SMILES string of the molecule is CCOC(=O)[C@H]1C(=O)NC(N2CCN(c3ccc(OC)cc3)CC2)=N[C@H]1c1ccc(OC)cc1OC. The molecule has 1 fully saturated rings. The van der Waals surface area contributed by atoms with Crippen LogP contribution < -0.4 is 24.4 Å². The van der Waals surface area contributed by atoms with Crippen LogP contribution in [0.25, 0.3) is 0 Å². The van der Waals surface area contributed by atoms with Crippen LogP contribution >= 0.6 is 0 Å². The van der Waals surface area contributed by atoms with Crippen molar-refractivity contribution in [1.82, 2.24) is 10.2 Å². The number of carbonyl (C=O) groups excluding carboxylic acids is 2. The Morgan fingerprint density at radius 3 is 2.19 bits per heavy atom. The molecule has 0 aromatic heterocycles. The highest BCUT2D eigenvalue weighted by Gasteiger charge is 2.43. The number of piperazine rings is 1. The molecule has 36 heavy (non-hydrogen) atoms. The highest BCUT2D eigenvalue weighted by Crippen LogP contribution is 2.38. The lowest BCUT2D eigenvalue weighted by Crippen LogP contribution is -2.57. The second-order valence-electron chi connectivity index (χ2n) is 8.40. The maximum atomic E-state index is 13.2. The van der Waals surface area contributed by atoms with Crippen LogP contribution in [-0.2, 0) is 14.3 Å². The summed E-state index contributed by atoms with van der Waals surface area (Å²) in [4.78, 5) is 35.2. The van der Waals surface area contributed by atoms with E-state index in [1.165, 1.54) is 7.11 Å². The summed E-state index contributed by atoms with van der Waals surface area (Å²) in [5.41, 5.74) is 1.72. The molecule has 2 aliphatic rings. The highest BCUT2D eigenvalue weighted by molar-refractivity contribution is 6.08. The summed E-state index contributed by atoms with van der Waals surface area (Å²) >= 11 is 0. The molecule has 2 heterocycles. The number of hydrogen-bond acceptors (Lipinski definition) is 9. The van der Waals surface area contributed by atoms with Crippen LogP contribution in [0.2, 0.25) is 0 Å². The number of hydrogen-bond donors (Lipinski definition) is 1. The summed E-state index contributed by atoms with van der Waals surface area (Å²) in [6.07, 6.45) is 0. The van der Waals surface area contributed by atoms with E-state index in [1.54, 1.807) is 39.3 Å². The zero-order valence-corrected chi connectivity index (χ0v) is 21.0. The molecular weight excluding hydrogens is 464 g/mol. The standard InChI is InChI=1S/C26H32N4O6/c1-5-36-25(32)22-23(20-11-10-19(34-3)16-21(20)35-4)27-26(28-24(22)31)30-14-12-29(13-15-30)17-6-8-18(33-2)9-7-17/h6-11,16,22-23H,5,12-15H2,1-4H3,(H,27,28,31)/t22-,23+/m1/s1. The van der Waals surface area contributed by atoms with E-state index in [0.717, 1.165) is 24.5 Å². The smallest absolute Gasteiger partial charge is 0.321 e. The van der Waals surface area contributed by atoms with Crippen LogP contribution in [0, 0.1) is 5.92 Å². The molecule has 0 radical (unpaired) electrons. The fourth-order valence-corrected chi connectivity index (χ4v) is 4.48.